The molecule has 34 heavy (non-hydrogen) atoms. The van der Waals surface area contributed by atoms with Gasteiger partial charge in [-0.3, -0.25) is 0 Å². The Labute approximate surface area is 204 Å². The minimum absolute atomic E-state index is 0. The first-order chi connectivity index (χ1) is 16.1. The molecule has 0 saturated carbocycles. The number of aromatic nitrogens is 4. The summed E-state index contributed by atoms with van der Waals surface area (Å²) in [6, 6.07) is 22.9. The van der Waals surface area contributed by atoms with Crippen molar-refractivity contribution in [3.8, 4) is 0 Å². The van der Waals surface area contributed by atoms with E-state index in [0.29, 0.717) is 0 Å². The Morgan fingerprint density at radius 3 is 1.76 bits per heavy atom. The van der Waals surface area contributed by atoms with Crippen LogP contribution in [0.5, 0.6) is 0 Å². The van der Waals surface area contributed by atoms with Gasteiger partial charge >= 0.3 is 5.97 Å². The molecule has 0 amide bonds. The summed E-state index contributed by atoms with van der Waals surface area (Å²) in [5.41, 5.74) is 9.24. The number of benzene rings is 1. The van der Waals surface area contributed by atoms with Crippen molar-refractivity contribution in [2.24, 2.45) is 0 Å². The number of fused-ring (bicyclic) bond motifs is 8. The van der Waals surface area contributed by atoms with Gasteiger partial charge in [0, 0.05) is 44.1 Å². The van der Waals surface area contributed by atoms with Crippen LogP contribution in [0.1, 0.15) is 38.7 Å². The summed E-state index contributed by atoms with van der Waals surface area (Å²) < 4.78 is 0. The maximum absolute atomic E-state index is 11.2. The zero-order chi connectivity index (χ0) is 22.4. The average molecular weight is 489 g/mol. The Hall–Kier alpha value is -4.22. The smallest absolute Gasteiger partial charge is 0.335 e. The first-order valence-corrected chi connectivity index (χ1v) is 10.5. The second-order valence-corrected chi connectivity index (χ2v) is 7.97. The molecule has 1 aromatic carbocycles. The largest absolute Gasteiger partial charge is 0.478 e. The number of carboxylic acid groups (broad SMARTS) is 1. The molecule has 7 heteroatoms. The van der Waals surface area contributed by atoms with Crippen molar-refractivity contribution < 1.29 is 26.4 Å². The van der Waals surface area contributed by atoms with Crippen LogP contribution >= 0.6 is 0 Å². The van der Waals surface area contributed by atoms with Crippen LogP contribution in [0.25, 0.3) is 45.9 Å². The Kier molecular flexibility index (Phi) is 5.48. The molecular formula is C27H18N4NiO2. The summed E-state index contributed by atoms with van der Waals surface area (Å²) in [6.07, 6.45) is 6.01. The third-order valence-corrected chi connectivity index (χ3v) is 5.61. The van der Waals surface area contributed by atoms with Gasteiger partial charge in [0.25, 0.3) is 0 Å². The Balaban J connectivity index is 0.00000241. The van der Waals surface area contributed by atoms with E-state index in [1.165, 1.54) is 0 Å². The van der Waals surface area contributed by atoms with Gasteiger partial charge in [-0.1, -0.05) is 12.1 Å². The molecule has 3 aromatic heterocycles. The molecule has 0 spiro atoms. The van der Waals surface area contributed by atoms with E-state index in [-0.39, 0.29) is 22.1 Å². The second kappa shape index (κ2) is 8.62. The van der Waals surface area contributed by atoms with E-state index in [4.69, 9.17) is 4.98 Å². The van der Waals surface area contributed by atoms with Crippen molar-refractivity contribution in [2.75, 3.05) is 0 Å². The molecule has 0 unspecified atom stereocenters. The van der Waals surface area contributed by atoms with E-state index in [1.54, 1.807) is 12.1 Å². The summed E-state index contributed by atoms with van der Waals surface area (Å²) in [5, 5.41) is 9.23. The fourth-order valence-electron chi connectivity index (χ4n) is 4.04. The number of hydrogen-bond donors (Lipinski definition) is 3. The summed E-state index contributed by atoms with van der Waals surface area (Å²) in [6.45, 7) is 0. The van der Waals surface area contributed by atoms with E-state index >= 15 is 0 Å². The number of nitrogens with one attached hydrogen (secondary N) is 2. The van der Waals surface area contributed by atoms with Crippen LogP contribution in [0.2, 0.25) is 0 Å². The summed E-state index contributed by atoms with van der Waals surface area (Å²) in [4.78, 5) is 27.6. The number of carboxylic acids is 1. The minimum Gasteiger partial charge on any atom is -0.478 e. The van der Waals surface area contributed by atoms with Crippen molar-refractivity contribution in [3.05, 3.63) is 107 Å². The quantitative estimate of drug-likeness (QED) is 0.269. The fourth-order valence-corrected chi connectivity index (χ4v) is 4.04. The van der Waals surface area contributed by atoms with Gasteiger partial charge < -0.3 is 15.1 Å². The van der Waals surface area contributed by atoms with Crippen LogP contribution in [0.3, 0.4) is 0 Å². The maximum Gasteiger partial charge on any atom is 0.335 e. The molecule has 0 aliphatic carbocycles. The van der Waals surface area contributed by atoms with Gasteiger partial charge in [0.1, 0.15) is 0 Å². The molecule has 3 N–H and O–H groups in total. The molecule has 0 saturated heterocycles. The second-order valence-electron chi connectivity index (χ2n) is 7.97. The Morgan fingerprint density at radius 1 is 0.676 bits per heavy atom. The van der Waals surface area contributed by atoms with Gasteiger partial charge in [-0.2, -0.15) is 0 Å². The van der Waals surface area contributed by atoms with Crippen LogP contribution in [0.4, 0.5) is 0 Å². The topological polar surface area (TPSA) is 94.7 Å². The van der Waals surface area contributed by atoms with E-state index < -0.39 is 5.97 Å². The molecule has 5 heterocycles. The van der Waals surface area contributed by atoms with Gasteiger partial charge in [0.2, 0.25) is 0 Å². The fraction of sp³-hybridized carbons (Fsp3) is 0. The Morgan fingerprint density at radius 2 is 1.21 bits per heavy atom. The number of aromatic carboxylic acids is 1. The molecule has 0 radical (unpaired) electrons. The minimum atomic E-state index is -0.943. The van der Waals surface area contributed by atoms with E-state index in [1.807, 2.05) is 78.9 Å². The normalized spacial score (nSPS) is 12.2. The number of aromatic amines is 2. The van der Waals surface area contributed by atoms with Crippen LogP contribution in [0.15, 0.2) is 72.8 Å². The van der Waals surface area contributed by atoms with Crippen LogP contribution in [-0.2, 0) is 16.5 Å². The molecule has 8 bridgehead atoms. The van der Waals surface area contributed by atoms with Gasteiger partial charge in [-0.25, -0.2) is 14.8 Å². The molecule has 6 rings (SSSR count). The van der Waals surface area contributed by atoms with Crippen molar-refractivity contribution >= 4 is 51.8 Å². The Bertz CT molecular complexity index is 1640. The van der Waals surface area contributed by atoms with E-state index in [2.05, 4.69) is 15.0 Å². The van der Waals surface area contributed by atoms with Crippen LogP contribution < -0.4 is 0 Å². The van der Waals surface area contributed by atoms with Gasteiger partial charge in [-0.05, 0) is 84.5 Å². The van der Waals surface area contributed by atoms with Crippen molar-refractivity contribution in [2.45, 2.75) is 0 Å². The molecule has 4 aromatic rings. The maximum atomic E-state index is 11.2. The predicted molar refractivity (Wildman–Crippen MR) is 130 cm³/mol. The molecule has 168 valence electrons. The molecule has 2 aliphatic rings. The summed E-state index contributed by atoms with van der Waals surface area (Å²) in [7, 11) is 0. The number of H-pyrrole nitrogens is 2. The third-order valence-electron chi connectivity index (χ3n) is 5.61. The summed E-state index contributed by atoms with van der Waals surface area (Å²) in [5.74, 6) is -0.943. The van der Waals surface area contributed by atoms with Gasteiger partial charge in [-0.15, -0.1) is 0 Å². The third kappa shape index (κ3) is 4.21. The number of hydrogen-bond acceptors (Lipinski definition) is 3. The number of carbonyl (C=O) groups is 1. The zero-order valence-corrected chi connectivity index (χ0v) is 18.7. The molecule has 0 atom stereocenters. The molecule has 6 nitrogen and oxygen atoms in total. The van der Waals surface area contributed by atoms with Crippen molar-refractivity contribution in [1.82, 2.24) is 19.9 Å². The molecular weight excluding hydrogens is 471 g/mol. The SMILES string of the molecule is O=C(O)c1ccc(C2=Cc3cc4ccc(cc5nc(cc6ccc(cc2n3)[nH]6)C=C5)[nH]4)cc1.[Ni]. The first kappa shape index (κ1) is 21.6. The zero-order valence-electron chi connectivity index (χ0n) is 17.7. The van der Waals surface area contributed by atoms with Gasteiger partial charge in [0.05, 0.1) is 28.3 Å². The average Bonchev–Trinajstić information content (AvgIpc) is 3.59. The predicted octanol–water partition coefficient (Wildman–Crippen LogP) is 5.77. The number of rotatable bonds is 2. The monoisotopic (exact) mass is 488 g/mol. The van der Waals surface area contributed by atoms with Crippen molar-refractivity contribution in [3.63, 3.8) is 0 Å². The molecule has 2 aliphatic heterocycles. The van der Waals surface area contributed by atoms with Crippen LogP contribution in [0, 0.1) is 0 Å². The standard InChI is InChI=1S/C27H18N4O2.Ni/c32-27(33)17-3-1-16(2-4-17)25-14-24-13-22-8-7-20(29-22)11-18-5-6-19(28-18)12-21-9-10-23(30-21)15-26(25)31-24;/h1-15,29-30H,(H,32,33);. The van der Waals surface area contributed by atoms with Crippen molar-refractivity contribution in [1.29, 1.82) is 0 Å². The summed E-state index contributed by atoms with van der Waals surface area (Å²) >= 11 is 0. The first-order valence-electron chi connectivity index (χ1n) is 10.5. The number of nitrogens with zero attached hydrogens (tertiary/aromatic N) is 2. The van der Waals surface area contributed by atoms with Crippen LogP contribution in [-0.4, -0.2) is 31.0 Å². The van der Waals surface area contributed by atoms with E-state index in [0.717, 1.165) is 56.0 Å². The van der Waals surface area contributed by atoms with E-state index in [9.17, 15) is 9.90 Å². The van der Waals surface area contributed by atoms with Gasteiger partial charge in [0.15, 0.2) is 0 Å². The molecule has 0 fully saturated rings.